The highest BCUT2D eigenvalue weighted by molar-refractivity contribution is 5.75. The summed E-state index contributed by atoms with van der Waals surface area (Å²) < 4.78 is 0. The van der Waals surface area contributed by atoms with Crippen LogP contribution >= 0.6 is 0 Å². The molecule has 1 amide bonds. The third-order valence-electron chi connectivity index (χ3n) is 1.43. The third-order valence-corrected chi connectivity index (χ3v) is 1.43. The number of amides is 1. The lowest BCUT2D eigenvalue weighted by Crippen LogP contribution is -2.21. The monoisotopic (exact) mass is 168 g/mol. The van der Waals surface area contributed by atoms with E-state index < -0.39 is 0 Å². The second-order valence-corrected chi connectivity index (χ2v) is 2.38. The second kappa shape index (κ2) is 8.09. The summed E-state index contributed by atoms with van der Waals surface area (Å²) in [6.45, 7) is 3.37. The maximum Gasteiger partial charge on any atom is 0.219 e. The third kappa shape index (κ3) is 7.10. The smallest absolute Gasteiger partial charge is 0.219 e. The van der Waals surface area contributed by atoms with Crippen molar-refractivity contribution in [1.29, 1.82) is 0 Å². The van der Waals surface area contributed by atoms with Crippen LogP contribution in [0.25, 0.3) is 0 Å². The zero-order valence-electron chi connectivity index (χ0n) is 7.74. The average Bonchev–Trinajstić information content (AvgIpc) is 2.10. The van der Waals surface area contributed by atoms with Gasteiger partial charge in [0.05, 0.1) is 6.54 Å². The van der Waals surface area contributed by atoms with E-state index in [1.54, 1.807) is 7.05 Å². The molecule has 0 spiro atoms. The van der Waals surface area contributed by atoms with E-state index in [-0.39, 0.29) is 5.91 Å². The summed E-state index contributed by atoms with van der Waals surface area (Å²) in [5.74, 6) is 5.77. The van der Waals surface area contributed by atoms with Gasteiger partial charge in [-0.1, -0.05) is 5.92 Å². The Balaban J connectivity index is 3.09. The van der Waals surface area contributed by atoms with Crippen LogP contribution in [-0.2, 0) is 4.79 Å². The van der Waals surface area contributed by atoms with Crippen LogP contribution in [0.1, 0.15) is 19.8 Å². The Kier molecular flexibility index (Phi) is 7.41. The Morgan fingerprint density at radius 2 is 2.25 bits per heavy atom. The first-order chi connectivity index (χ1) is 5.81. The molecule has 0 aromatic carbocycles. The minimum atomic E-state index is 0.0957. The molecule has 0 fully saturated rings. The van der Waals surface area contributed by atoms with Crippen molar-refractivity contribution in [2.24, 2.45) is 0 Å². The molecule has 0 saturated carbocycles. The molecule has 3 nitrogen and oxygen atoms in total. The Morgan fingerprint density at radius 3 is 2.83 bits per heavy atom. The lowest BCUT2D eigenvalue weighted by molar-refractivity contribution is -0.120. The molecule has 12 heavy (non-hydrogen) atoms. The van der Waals surface area contributed by atoms with E-state index in [0.29, 0.717) is 13.0 Å². The van der Waals surface area contributed by atoms with Crippen molar-refractivity contribution in [3.05, 3.63) is 0 Å². The summed E-state index contributed by atoms with van der Waals surface area (Å²) in [5.41, 5.74) is 0. The molecule has 68 valence electrons. The maximum atomic E-state index is 10.7. The summed E-state index contributed by atoms with van der Waals surface area (Å²) in [7, 11) is 1.65. The largest absolute Gasteiger partial charge is 0.359 e. The molecule has 0 aromatic heterocycles. The van der Waals surface area contributed by atoms with Crippen LogP contribution in [0.2, 0.25) is 0 Å². The van der Waals surface area contributed by atoms with Crippen LogP contribution in [-0.4, -0.2) is 26.0 Å². The van der Waals surface area contributed by atoms with Gasteiger partial charge in [0.15, 0.2) is 0 Å². The molecule has 0 rings (SSSR count). The summed E-state index contributed by atoms with van der Waals surface area (Å²) in [6.07, 6.45) is 1.45. The van der Waals surface area contributed by atoms with Crippen LogP contribution in [0, 0.1) is 11.8 Å². The first-order valence-electron chi connectivity index (χ1n) is 4.12. The predicted octanol–water partition coefficient (Wildman–Crippen LogP) is 0.126. The fourth-order valence-electron chi connectivity index (χ4n) is 0.738. The van der Waals surface area contributed by atoms with E-state index in [4.69, 9.17) is 0 Å². The van der Waals surface area contributed by atoms with E-state index in [0.717, 1.165) is 13.0 Å². The number of hydrogen-bond donors (Lipinski definition) is 2. The Bertz CT molecular complexity index is 179. The molecule has 0 bridgehead atoms. The van der Waals surface area contributed by atoms with Crippen molar-refractivity contribution in [2.45, 2.75) is 19.8 Å². The topological polar surface area (TPSA) is 41.1 Å². The Labute approximate surface area is 73.9 Å². The molecule has 0 aliphatic carbocycles. The fraction of sp³-hybridized carbons (Fsp3) is 0.667. The molecule has 2 N–H and O–H groups in total. The second-order valence-electron chi connectivity index (χ2n) is 2.38. The fourth-order valence-corrected chi connectivity index (χ4v) is 0.738. The summed E-state index contributed by atoms with van der Waals surface area (Å²) >= 11 is 0. The minimum absolute atomic E-state index is 0.0957. The molecule has 0 unspecified atom stereocenters. The summed E-state index contributed by atoms with van der Waals surface area (Å²) in [5, 5.41) is 5.68. The standard InChI is InChI=1S/C9H16N2O/c1-3-4-7-11-8-5-6-9(12)10-2/h11H,5-8H2,1-2H3,(H,10,12). The summed E-state index contributed by atoms with van der Waals surface area (Å²) in [6, 6.07) is 0. The first-order valence-corrected chi connectivity index (χ1v) is 4.12. The minimum Gasteiger partial charge on any atom is -0.359 e. The normalized spacial score (nSPS) is 8.50. The average molecular weight is 168 g/mol. The van der Waals surface area contributed by atoms with Gasteiger partial charge in [0.1, 0.15) is 0 Å². The highest BCUT2D eigenvalue weighted by atomic mass is 16.1. The Hall–Kier alpha value is -1.01. The molecular weight excluding hydrogens is 152 g/mol. The Morgan fingerprint density at radius 1 is 1.50 bits per heavy atom. The molecule has 0 radical (unpaired) electrons. The van der Waals surface area contributed by atoms with Crippen LogP contribution in [0.4, 0.5) is 0 Å². The van der Waals surface area contributed by atoms with Gasteiger partial charge in [-0.2, -0.15) is 0 Å². The van der Waals surface area contributed by atoms with Crippen molar-refractivity contribution < 1.29 is 4.79 Å². The molecular formula is C9H16N2O. The lowest BCUT2D eigenvalue weighted by Gasteiger charge is -1.99. The zero-order chi connectivity index (χ0) is 9.23. The van der Waals surface area contributed by atoms with Crippen molar-refractivity contribution in [1.82, 2.24) is 10.6 Å². The molecule has 3 heteroatoms. The van der Waals surface area contributed by atoms with Gasteiger partial charge >= 0.3 is 0 Å². The molecule has 0 atom stereocenters. The molecule has 0 aliphatic rings. The van der Waals surface area contributed by atoms with Crippen molar-refractivity contribution in [3.8, 4) is 11.8 Å². The van der Waals surface area contributed by atoms with Crippen molar-refractivity contribution >= 4 is 5.91 Å². The number of hydrogen-bond acceptors (Lipinski definition) is 2. The van der Waals surface area contributed by atoms with Crippen molar-refractivity contribution in [2.75, 3.05) is 20.1 Å². The van der Waals surface area contributed by atoms with Gasteiger partial charge in [-0.05, 0) is 19.9 Å². The van der Waals surface area contributed by atoms with E-state index >= 15 is 0 Å². The quantitative estimate of drug-likeness (QED) is 0.452. The molecule has 0 saturated heterocycles. The maximum absolute atomic E-state index is 10.7. The van der Waals surface area contributed by atoms with Gasteiger partial charge in [0.2, 0.25) is 5.91 Å². The summed E-state index contributed by atoms with van der Waals surface area (Å²) in [4.78, 5) is 10.7. The molecule has 0 heterocycles. The van der Waals surface area contributed by atoms with Gasteiger partial charge < -0.3 is 10.6 Å². The highest BCUT2D eigenvalue weighted by Crippen LogP contribution is 1.84. The van der Waals surface area contributed by atoms with E-state index in [9.17, 15) is 4.79 Å². The first kappa shape index (κ1) is 11.0. The van der Waals surface area contributed by atoms with E-state index in [1.165, 1.54) is 0 Å². The van der Waals surface area contributed by atoms with Gasteiger partial charge in [-0.15, -0.1) is 5.92 Å². The van der Waals surface area contributed by atoms with Crippen molar-refractivity contribution in [3.63, 3.8) is 0 Å². The van der Waals surface area contributed by atoms with Gasteiger partial charge in [-0.3, -0.25) is 4.79 Å². The highest BCUT2D eigenvalue weighted by Gasteiger charge is 1.95. The predicted molar refractivity (Wildman–Crippen MR) is 49.6 cm³/mol. The van der Waals surface area contributed by atoms with E-state index in [2.05, 4.69) is 22.5 Å². The van der Waals surface area contributed by atoms with Crippen LogP contribution < -0.4 is 10.6 Å². The lowest BCUT2D eigenvalue weighted by atomic mass is 10.3. The van der Waals surface area contributed by atoms with Crippen LogP contribution in [0.5, 0.6) is 0 Å². The van der Waals surface area contributed by atoms with Crippen LogP contribution in [0.3, 0.4) is 0 Å². The number of carbonyl (C=O) groups excluding carboxylic acids is 1. The van der Waals surface area contributed by atoms with Gasteiger partial charge in [0.25, 0.3) is 0 Å². The van der Waals surface area contributed by atoms with Crippen LogP contribution in [0.15, 0.2) is 0 Å². The molecule has 0 aliphatic heterocycles. The zero-order valence-corrected chi connectivity index (χ0v) is 7.74. The number of rotatable bonds is 5. The van der Waals surface area contributed by atoms with Gasteiger partial charge in [0, 0.05) is 13.5 Å². The number of carbonyl (C=O) groups is 1. The number of nitrogens with one attached hydrogen (secondary N) is 2. The van der Waals surface area contributed by atoms with Gasteiger partial charge in [-0.25, -0.2) is 0 Å². The van der Waals surface area contributed by atoms with E-state index in [1.807, 2.05) is 6.92 Å². The SMILES string of the molecule is CC#CCNCCCC(=O)NC. The molecule has 0 aromatic rings.